The summed E-state index contributed by atoms with van der Waals surface area (Å²) in [5, 5.41) is 5.64. The van der Waals surface area contributed by atoms with Crippen molar-refractivity contribution >= 4 is 32.4 Å². The average molecular weight is 353 g/mol. The Kier molecular flexibility index (Phi) is 3.30. The first-order valence-electron chi connectivity index (χ1n) is 7.23. The lowest BCUT2D eigenvalue weighted by Gasteiger charge is -2.15. The van der Waals surface area contributed by atoms with E-state index >= 15 is 0 Å². The minimum Gasteiger partial charge on any atom is -0.346 e. The molecular weight excluding hydrogens is 336 g/mol. The van der Waals surface area contributed by atoms with E-state index < -0.39 is 0 Å². The van der Waals surface area contributed by atoms with Crippen LogP contribution in [0.1, 0.15) is 35.9 Å². The van der Waals surface area contributed by atoms with Crippen LogP contribution in [0.15, 0.2) is 16.9 Å². The number of hydrogen-bond donors (Lipinski definition) is 0. The lowest BCUT2D eigenvalue weighted by Crippen LogP contribution is -2.20. The van der Waals surface area contributed by atoms with Crippen molar-refractivity contribution in [1.82, 2.24) is 14.8 Å². The number of anilines is 1. The Morgan fingerprint density at radius 3 is 3.00 bits per heavy atom. The molecule has 2 aromatic heterocycles. The van der Waals surface area contributed by atoms with E-state index in [9.17, 15) is 0 Å². The molecule has 20 heavy (non-hydrogen) atoms. The van der Waals surface area contributed by atoms with Crippen molar-refractivity contribution in [3.63, 3.8) is 0 Å². The molecular formula is C14H17BrN4S. The number of aryl methyl sites for hydroxylation is 2. The van der Waals surface area contributed by atoms with Crippen LogP contribution in [0.3, 0.4) is 0 Å². The number of aromatic nitrogens is 3. The average Bonchev–Trinajstić information content (AvgIpc) is 3.16. The van der Waals surface area contributed by atoms with Gasteiger partial charge in [-0.3, -0.25) is 4.68 Å². The lowest BCUT2D eigenvalue weighted by molar-refractivity contribution is 0.494. The van der Waals surface area contributed by atoms with Gasteiger partial charge in [-0.05, 0) is 48.0 Å². The summed E-state index contributed by atoms with van der Waals surface area (Å²) in [4.78, 5) is 8.83. The predicted octanol–water partition coefficient (Wildman–Crippen LogP) is 3.43. The molecule has 1 saturated heterocycles. The smallest absolute Gasteiger partial charge is 0.185 e. The number of hydrogen-bond acceptors (Lipinski definition) is 4. The molecule has 2 aromatic rings. The van der Waals surface area contributed by atoms with Gasteiger partial charge in [0.1, 0.15) is 0 Å². The number of rotatable bonds is 2. The highest BCUT2D eigenvalue weighted by molar-refractivity contribution is 9.10. The van der Waals surface area contributed by atoms with Gasteiger partial charge in [-0.2, -0.15) is 5.10 Å². The summed E-state index contributed by atoms with van der Waals surface area (Å²) >= 11 is 5.38. The van der Waals surface area contributed by atoms with Crippen LogP contribution in [0.4, 0.5) is 5.13 Å². The van der Waals surface area contributed by atoms with Crippen LogP contribution in [0.5, 0.6) is 0 Å². The molecule has 106 valence electrons. The normalized spacial score (nSPS) is 22.2. The standard InChI is InChI=1S/C14H17BrN4S/c15-10-7-16-19(8-10)11-5-6-18(9-11)14-17-12-3-1-2-4-13(12)20-14/h7-8,11H,1-6,9H2. The van der Waals surface area contributed by atoms with Crippen LogP contribution in [-0.4, -0.2) is 27.9 Å². The lowest BCUT2D eigenvalue weighted by atomic mass is 10.0. The second-order valence-corrected chi connectivity index (χ2v) is 7.58. The largest absolute Gasteiger partial charge is 0.346 e. The first-order chi connectivity index (χ1) is 9.79. The molecule has 2 aliphatic rings. The fraction of sp³-hybridized carbons (Fsp3) is 0.571. The number of thiazole rings is 1. The summed E-state index contributed by atoms with van der Waals surface area (Å²) in [6.07, 6.45) is 10.1. The van der Waals surface area contributed by atoms with Crippen LogP contribution in [0, 0.1) is 0 Å². The fourth-order valence-corrected chi connectivity index (χ4v) is 4.60. The molecule has 3 heterocycles. The predicted molar refractivity (Wildman–Crippen MR) is 84.6 cm³/mol. The Morgan fingerprint density at radius 2 is 2.20 bits per heavy atom. The van der Waals surface area contributed by atoms with Crippen molar-refractivity contribution in [1.29, 1.82) is 0 Å². The first kappa shape index (κ1) is 12.8. The van der Waals surface area contributed by atoms with Gasteiger partial charge in [0, 0.05) is 24.2 Å². The molecule has 0 spiro atoms. The zero-order chi connectivity index (χ0) is 13.5. The van der Waals surface area contributed by atoms with E-state index in [0.29, 0.717) is 6.04 Å². The highest BCUT2D eigenvalue weighted by atomic mass is 79.9. The molecule has 1 fully saturated rings. The molecule has 6 heteroatoms. The molecule has 4 rings (SSSR count). The van der Waals surface area contributed by atoms with Crippen molar-refractivity contribution in [2.45, 2.75) is 38.1 Å². The molecule has 0 bridgehead atoms. The molecule has 1 unspecified atom stereocenters. The third kappa shape index (κ3) is 2.29. The summed E-state index contributed by atoms with van der Waals surface area (Å²) in [6, 6.07) is 0.474. The summed E-state index contributed by atoms with van der Waals surface area (Å²) in [6.45, 7) is 2.12. The molecule has 0 saturated carbocycles. The van der Waals surface area contributed by atoms with Gasteiger partial charge in [0.15, 0.2) is 5.13 Å². The maximum Gasteiger partial charge on any atom is 0.185 e. The van der Waals surface area contributed by atoms with Gasteiger partial charge in [0.05, 0.1) is 22.4 Å². The Labute approximate surface area is 130 Å². The van der Waals surface area contributed by atoms with Crippen molar-refractivity contribution in [2.24, 2.45) is 0 Å². The van der Waals surface area contributed by atoms with Gasteiger partial charge in [-0.15, -0.1) is 11.3 Å². The fourth-order valence-electron chi connectivity index (χ4n) is 3.12. The van der Waals surface area contributed by atoms with Gasteiger partial charge in [0.25, 0.3) is 0 Å². The van der Waals surface area contributed by atoms with Gasteiger partial charge < -0.3 is 4.90 Å². The van der Waals surface area contributed by atoms with Crippen LogP contribution in [-0.2, 0) is 12.8 Å². The third-order valence-electron chi connectivity index (χ3n) is 4.21. The Morgan fingerprint density at radius 1 is 1.30 bits per heavy atom. The summed E-state index contributed by atoms with van der Waals surface area (Å²) < 4.78 is 3.14. The number of halogens is 1. The summed E-state index contributed by atoms with van der Waals surface area (Å²) in [7, 11) is 0. The summed E-state index contributed by atoms with van der Waals surface area (Å²) in [5.74, 6) is 0. The Bertz CT molecular complexity index is 597. The molecule has 1 atom stereocenters. The van der Waals surface area contributed by atoms with Crippen LogP contribution in [0.2, 0.25) is 0 Å². The van der Waals surface area contributed by atoms with E-state index in [4.69, 9.17) is 4.98 Å². The quantitative estimate of drug-likeness (QED) is 0.830. The molecule has 0 N–H and O–H groups in total. The van der Waals surface area contributed by atoms with E-state index in [1.165, 1.54) is 41.4 Å². The molecule has 1 aliphatic carbocycles. The second kappa shape index (κ2) is 5.15. The van der Waals surface area contributed by atoms with Crippen molar-refractivity contribution in [3.8, 4) is 0 Å². The highest BCUT2D eigenvalue weighted by Gasteiger charge is 2.27. The minimum absolute atomic E-state index is 0.474. The van der Waals surface area contributed by atoms with Crippen molar-refractivity contribution in [2.75, 3.05) is 18.0 Å². The van der Waals surface area contributed by atoms with Crippen LogP contribution < -0.4 is 4.90 Å². The number of nitrogens with zero attached hydrogens (tertiary/aromatic N) is 4. The first-order valence-corrected chi connectivity index (χ1v) is 8.84. The van der Waals surface area contributed by atoms with Crippen LogP contribution in [0.25, 0.3) is 0 Å². The zero-order valence-corrected chi connectivity index (χ0v) is 13.7. The van der Waals surface area contributed by atoms with Gasteiger partial charge >= 0.3 is 0 Å². The van der Waals surface area contributed by atoms with E-state index in [0.717, 1.165) is 24.0 Å². The topological polar surface area (TPSA) is 34.0 Å². The van der Waals surface area contributed by atoms with E-state index in [-0.39, 0.29) is 0 Å². The second-order valence-electron chi connectivity index (χ2n) is 5.60. The zero-order valence-electron chi connectivity index (χ0n) is 11.3. The molecule has 0 aromatic carbocycles. The molecule has 0 radical (unpaired) electrons. The van der Waals surface area contributed by atoms with Gasteiger partial charge in [0.2, 0.25) is 0 Å². The van der Waals surface area contributed by atoms with E-state index in [1.807, 2.05) is 17.5 Å². The van der Waals surface area contributed by atoms with Crippen molar-refractivity contribution < 1.29 is 0 Å². The number of fused-ring (bicyclic) bond motifs is 1. The van der Waals surface area contributed by atoms with Gasteiger partial charge in [-0.1, -0.05) is 0 Å². The van der Waals surface area contributed by atoms with E-state index in [1.54, 1.807) is 0 Å². The Balaban J connectivity index is 1.52. The highest BCUT2D eigenvalue weighted by Crippen LogP contribution is 2.35. The monoisotopic (exact) mass is 352 g/mol. The molecule has 1 aliphatic heterocycles. The maximum absolute atomic E-state index is 4.87. The van der Waals surface area contributed by atoms with Crippen LogP contribution >= 0.6 is 27.3 Å². The van der Waals surface area contributed by atoms with E-state index in [2.05, 4.69) is 36.8 Å². The molecule has 0 amide bonds. The SMILES string of the molecule is Brc1cnn(C2CCN(c3nc4c(s3)CCCC4)C2)c1. The summed E-state index contributed by atoms with van der Waals surface area (Å²) in [5.41, 5.74) is 1.36. The van der Waals surface area contributed by atoms with Gasteiger partial charge in [-0.25, -0.2) is 4.98 Å². The minimum atomic E-state index is 0.474. The Hall–Kier alpha value is -0.880. The molecule has 4 nitrogen and oxygen atoms in total. The van der Waals surface area contributed by atoms with Crippen molar-refractivity contribution in [3.05, 3.63) is 27.4 Å². The third-order valence-corrected chi connectivity index (χ3v) is 5.84. The maximum atomic E-state index is 4.87.